The van der Waals surface area contributed by atoms with Gasteiger partial charge >= 0.3 is 0 Å². The number of hydrogen-bond donors (Lipinski definition) is 1. The van der Waals surface area contributed by atoms with Gasteiger partial charge in [0.1, 0.15) is 0 Å². The first-order chi connectivity index (χ1) is 9.78. The van der Waals surface area contributed by atoms with Gasteiger partial charge in [-0.1, -0.05) is 6.07 Å². The molecule has 4 nitrogen and oxygen atoms in total. The number of benzene rings is 1. The van der Waals surface area contributed by atoms with Gasteiger partial charge in [0.05, 0.1) is 5.41 Å². The average Bonchev–Trinajstić information content (AvgIpc) is 2.91. The maximum absolute atomic E-state index is 12.5. The van der Waals surface area contributed by atoms with Crippen molar-refractivity contribution in [1.29, 1.82) is 0 Å². The van der Waals surface area contributed by atoms with Crippen LogP contribution in [0.4, 0.5) is 5.69 Å². The summed E-state index contributed by atoms with van der Waals surface area (Å²) >= 11 is 1.65. The van der Waals surface area contributed by atoms with Gasteiger partial charge in [-0.25, -0.2) is 0 Å². The maximum atomic E-state index is 12.5. The fraction of sp³-hybridized carbons (Fsp3) is 0.267. The molecule has 0 spiro atoms. The Morgan fingerprint density at radius 1 is 1.20 bits per heavy atom. The molecule has 20 heavy (non-hydrogen) atoms. The van der Waals surface area contributed by atoms with E-state index in [1.165, 1.54) is 0 Å². The summed E-state index contributed by atoms with van der Waals surface area (Å²) in [5, 5.41) is 5.01. The SMILES string of the molecule is O=C(Nc1ccc2c(c1)OCO2)C1(c2cccs2)CC1. The third-order valence-corrected chi connectivity index (χ3v) is 4.88. The Kier molecular flexibility index (Phi) is 2.50. The molecule has 0 saturated heterocycles. The van der Waals surface area contributed by atoms with Gasteiger partial charge in [-0.15, -0.1) is 11.3 Å². The van der Waals surface area contributed by atoms with E-state index in [4.69, 9.17) is 9.47 Å². The van der Waals surface area contributed by atoms with Gasteiger partial charge in [-0.05, 0) is 36.4 Å². The van der Waals surface area contributed by atoms with Crippen LogP contribution >= 0.6 is 11.3 Å². The van der Waals surface area contributed by atoms with E-state index in [1.54, 1.807) is 11.3 Å². The van der Waals surface area contributed by atoms with E-state index >= 15 is 0 Å². The normalized spacial score (nSPS) is 17.8. The number of carbonyl (C=O) groups is 1. The first kappa shape index (κ1) is 11.8. The summed E-state index contributed by atoms with van der Waals surface area (Å²) < 4.78 is 10.6. The van der Waals surface area contributed by atoms with Crippen LogP contribution in [0.15, 0.2) is 35.7 Å². The molecular formula is C15H13NO3S. The third-order valence-electron chi connectivity index (χ3n) is 3.81. The van der Waals surface area contributed by atoms with Gasteiger partial charge in [-0.2, -0.15) is 0 Å². The maximum Gasteiger partial charge on any atom is 0.235 e. The molecular weight excluding hydrogens is 274 g/mol. The minimum absolute atomic E-state index is 0.0683. The number of rotatable bonds is 3. The number of thiophene rings is 1. The smallest absolute Gasteiger partial charge is 0.235 e. The molecule has 0 radical (unpaired) electrons. The van der Waals surface area contributed by atoms with E-state index in [0.29, 0.717) is 5.75 Å². The summed E-state index contributed by atoms with van der Waals surface area (Å²) in [6.45, 7) is 0.242. The van der Waals surface area contributed by atoms with Gasteiger partial charge in [0.2, 0.25) is 12.7 Å². The number of hydrogen-bond acceptors (Lipinski definition) is 4. The number of carbonyl (C=O) groups excluding carboxylic acids is 1. The van der Waals surface area contributed by atoms with Crippen molar-refractivity contribution >= 4 is 22.9 Å². The number of fused-ring (bicyclic) bond motifs is 1. The molecule has 2 heterocycles. The molecule has 1 aliphatic heterocycles. The fourth-order valence-electron chi connectivity index (χ4n) is 2.49. The van der Waals surface area contributed by atoms with Gasteiger partial charge < -0.3 is 14.8 Å². The van der Waals surface area contributed by atoms with Crippen LogP contribution < -0.4 is 14.8 Å². The molecule has 1 fully saturated rings. The molecule has 1 saturated carbocycles. The second-order valence-electron chi connectivity index (χ2n) is 5.08. The fourth-order valence-corrected chi connectivity index (χ4v) is 3.47. The van der Waals surface area contributed by atoms with Crippen molar-refractivity contribution in [3.05, 3.63) is 40.6 Å². The van der Waals surface area contributed by atoms with E-state index in [9.17, 15) is 4.79 Å². The first-order valence-electron chi connectivity index (χ1n) is 6.53. The summed E-state index contributed by atoms with van der Waals surface area (Å²) in [5.74, 6) is 1.48. The van der Waals surface area contributed by atoms with Crippen LogP contribution in [-0.2, 0) is 10.2 Å². The summed E-state index contributed by atoms with van der Waals surface area (Å²) in [6, 6.07) is 9.51. The van der Waals surface area contributed by atoms with Crippen LogP contribution in [0.2, 0.25) is 0 Å². The molecule has 102 valence electrons. The molecule has 0 bridgehead atoms. The second kappa shape index (κ2) is 4.24. The van der Waals surface area contributed by atoms with Crippen molar-refractivity contribution in [2.75, 3.05) is 12.1 Å². The van der Waals surface area contributed by atoms with Crippen LogP contribution in [-0.4, -0.2) is 12.7 Å². The molecule has 1 aliphatic carbocycles. The summed E-state index contributed by atoms with van der Waals surface area (Å²) in [6.07, 6.45) is 1.84. The molecule has 2 aromatic rings. The van der Waals surface area contributed by atoms with Gasteiger partial charge in [0.15, 0.2) is 11.5 Å². The first-order valence-corrected chi connectivity index (χ1v) is 7.41. The zero-order valence-electron chi connectivity index (χ0n) is 10.7. The lowest BCUT2D eigenvalue weighted by molar-refractivity contribution is -0.118. The highest BCUT2D eigenvalue weighted by atomic mass is 32.1. The standard InChI is InChI=1S/C15H13NO3S/c17-14(15(5-6-15)13-2-1-7-20-13)16-10-3-4-11-12(8-10)19-9-18-11/h1-4,7-8H,5-6,9H2,(H,16,17). The molecule has 5 heteroatoms. The highest BCUT2D eigenvalue weighted by Gasteiger charge is 2.52. The van der Waals surface area contributed by atoms with Crippen LogP contribution in [0.3, 0.4) is 0 Å². The van der Waals surface area contributed by atoms with Gasteiger partial charge in [0.25, 0.3) is 0 Å². The Hall–Kier alpha value is -2.01. The van der Waals surface area contributed by atoms with Gasteiger partial charge in [0, 0.05) is 16.6 Å². The summed E-state index contributed by atoms with van der Waals surface area (Å²) in [7, 11) is 0. The Balaban J connectivity index is 1.56. The number of amides is 1. The summed E-state index contributed by atoms with van der Waals surface area (Å²) in [5.41, 5.74) is 0.437. The van der Waals surface area contributed by atoms with Crippen molar-refractivity contribution < 1.29 is 14.3 Å². The minimum atomic E-state index is -0.315. The average molecular weight is 287 g/mol. The number of anilines is 1. The molecule has 1 amide bonds. The van der Waals surface area contributed by atoms with Crippen LogP contribution in [0.25, 0.3) is 0 Å². The molecule has 1 N–H and O–H groups in total. The third kappa shape index (κ3) is 1.78. The largest absolute Gasteiger partial charge is 0.454 e. The van der Waals surface area contributed by atoms with E-state index in [0.717, 1.165) is 29.2 Å². The second-order valence-corrected chi connectivity index (χ2v) is 6.03. The van der Waals surface area contributed by atoms with E-state index in [1.807, 2.05) is 35.7 Å². The quantitative estimate of drug-likeness (QED) is 0.943. The lowest BCUT2D eigenvalue weighted by Gasteiger charge is -2.14. The predicted octanol–water partition coefficient (Wildman–Crippen LogP) is 3.15. The highest BCUT2D eigenvalue weighted by Crippen LogP contribution is 2.50. The van der Waals surface area contributed by atoms with Crippen molar-refractivity contribution in [2.24, 2.45) is 0 Å². The monoisotopic (exact) mass is 287 g/mol. The van der Waals surface area contributed by atoms with E-state index in [2.05, 4.69) is 5.32 Å². The molecule has 2 aliphatic rings. The van der Waals surface area contributed by atoms with Crippen molar-refractivity contribution in [3.63, 3.8) is 0 Å². The van der Waals surface area contributed by atoms with Crippen molar-refractivity contribution in [1.82, 2.24) is 0 Å². The Morgan fingerprint density at radius 3 is 2.80 bits per heavy atom. The molecule has 0 unspecified atom stereocenters. The lowest BCUT2D eigenvalue weighted by atomic mass is 10.0. The van der Waals surface area contributed by atoms with E-state index < -0.39 is 0 Å². The molecule has 0 atom stereocenters. The highest BCUT2D eigenvalue weighted by molar-refractivity contribution is 7.10. The predicted molar refractivity (Wildman–Crippen MR) is 76.4 cm³/mol. The van der Waals surface area contributed by atoms with E-state index in [-0.39, 0.29) is 18.1 Å². The molecule has 4 rings (SSSR count). The van der Waals surface area contributed by atoms with Gasteiger partial charge in [-0.3, -0.25) is 4.79 Å². The van der Waals surface area contributed by atoms with Crippen LogP contribution in [0.5, 0.6) is 11.5 Å². The Labute approximate surface area is 120 Å². The topological polar surface area (TPSA) is 47.6 Å². The number of ether oxygens (including phenoxy) is 2. The molecule has 1 aromatic carbocycles. The Morgan fingerprint density at radius 2 is 2.05 bits per heavy atom. The van der Waals surface area contributed by atoms with Crippen LogP contribution in [0, 0.1) is 0 Å². The minimum Gasteiger partial charge on any atom is -0.454 e. The number of nitrogens with one attached hydrogen (secondary N) is 1. The van der Waals surface area contributed by atoms with Crippen molar-refractivity contribution in [2.45, 2.75) is 18.3 Å². The molecule has 1 aromatic heterocycles. The zero-order chi connectivity index (χ0) is 13.6. The zero-order valence-corrected chi connectivity index (χ0v) is 11.5. The van der Waals surface area contributed by atoms with Crippen molar-refractivity contribution in [3.8, 4) is 11.5 Å². The van der Waals surface area contributed by atoms with Crippen LogP contribution in [0.1, 0.15) is 17.7 Å². The Bertz CT molecular complexity index is 662. The summed E-state index contributed by atoms with van der Waals surface area (Å²) in [4.78, 5) is 13.7. The lowest BCUT2D eigenvalue weighted by Crippen LogP contribution is -2.26.